The summed E-state index contributed by atoms with van der Waals surface area (Å²) in [5.41, 5.74) is 0.578. The number of aliphatic hydroxyl groups excluding tert-OH is 1. The van der Waals surface area contributed by atoms with Crippen molar-refractivity contribution in [3.8, 4) is 0 Å². The summed E-state index contributed by atoms with van der Waals surface area (Å²) in [6.07, 6.45) is 4.34. The molecule has 1 aromatic carbocycles. The average Bonchev–Trinajstić information content (AvgIpc) is 3.51. The van der Waals surface area contributed by atoms with Gasteiger partial charge >= 0.3 is 0 Å². The fraction of sp³-hybridized carbons (Fsp3) is 0.348. The molecule has 3 aromatic rings. The maximum atomic E-state index is 12.7. The fourth-order valence-corrected chi connectivity index (χ4v) is 5.30. The molecule has 2 amide bonds. The number of thiophene rings is 1. The number of carbonyl (C=O) groups excluding carboxylic acids is 2. The molecule has 1 aliphatic heterocycles. The molecule has 3 heterocycles. The van der Waals surface area contributed by atoms with Gasteiger partial charge in [-0.2, -0.15) is 5.10 Å². The second kappa shape index (κ2) is 10.8. The predicted octanol–water partition coefficient (Wildman–Crippen LogP) is 3.65. The first kappa shape index (κ1) is 22.6. The van der Waals surface area contributed by atoms with Gasteiger partial charge in [0.25, 0.3) is 0 Å². The lowest BCUT2D eigenvalue weighted by Gasteiger charge is -2.34. The van der Waals surface area contributed by atoms with E-state index in [4.69, 9.17) is 0 Å². The number of piperidine rings is 1. The van der Waals surface area contributed by atoms with Gasteiger partial charge in [0.15, 0.2) is 0 Å². The first-order chi connectivity index (χ1) is 15.6. The summed E-state index contributed by atoms with van der Waals surface area (Å²) in [5, 5.41) is 19.5. The number of nitrogens with one attached hydrogen (secondary N) is 1. The van der Waals surface area contributed by atoms with Gasteiger partial charge in [-0.25, -0.2) is 0 Å². The number of hydrogen-bond donors (Lipinski definition) is 2. The van der Waals surface area contributed by atoms with E-state index >= 15 is 0 Å². The molecule has 1 fully saturated rings. The van der Waals surface area contributed by atoms with Crippen LogP contribution in [0.1, 0.15) is 23.8 Å². The monoisotopic (exact) mass is 470 g/mol. The van der Waals surface area contributed by atoms with Crippen LogP contribution in [0.2, 0.25) is 0 Å². The van der Waals surface area contributed by atoms with Crippen LogP contribution in [-0.4, -0.2) is 50.4 Å². The summed E-state index contributed by atoms with van der Waals surface area (Å²) < 4.78 is 1.55. The molecular weight excluding hydrogens is 444 g/mol. The van der Waals surface area contributed by atoms with Gasteiger partial charge in [-0.15, -0.1) is 23.1 Å². The first-order valence-electron chi connectivity index (χ1n) is 10.6. The highest BCUT2D eigenvalue weighted by Crippen LogP contribution is 2.33. The normalized spacial score (nSPS) is 15.5. The van der Waals surface area contributed by atoms with Crippen LogP contribution < -0.4 is 5.32 Å². The Labute approximate surface area is 195 Å². The van der Waals surface area contributed by atoms with Gasteiger partial charge in [0.05, 0.1) is 23.7 Å². The van der Waals surface area contributed by atoms with E-state index in [2.05, 4.69) is 10.4 Å². The summed E-state index contributed by atoms with van der Waals surface area (Å²) in [6.45, 7) is 1.40. The zero-order valence-electron chi connectivity index (χ0n) is 17.6. The molecule has 2 N–H and O–H groups in total. The topological polar surface area (TPSA) is 87.5 Å². The lowest BCUT2D eigenvalue weighted by atomic mass is 9.90. The lowest BCUT2D eigenvalue weighted by molar-refractivity contribution is -0.134. The first-order valence-corrected chi connectivity index (χ1v) is 12.4. The third kappa shape index (κ3) is 5.99. The van der Waals surface area contributed by atoms with Gasteiger partial charge < -0.3 is 15.3 Å². The number of nitrogens with zero attached hydrogens (tertiary/aromatic N) is 3. The summed E-state index contributed by atoms with van der Waals surface area (Å²) in [6, 6.07) is 13.7. The lowest BCUT2D eigenvalue weighted by Crippen LogP contribution is -2.41. The Morgan fingerprint density at radius 3 is 2.69 bits per heavy atom. The third-order valence-electron chi connectivity index (χ3n) is 5.50. The van der Waals surface area contributed by atoms with Gasteiger partial charge in [-0.05, 0) is 42.3 Å². The molecule has 1 aliphatic rings. The standard InChI is InChI=1S/C23H26N4O3S2/c28-21(16-32-19-5-2-1-3-6-19)25-18-13-24-27(14-18)15-22(29)26-10-8-17(9-11-26)23(30)20-7-4-12-31-20/h1-7,12-14,17,23,30H,8-11,15-16H2,(H,25,28). The molecule has 168 valence electrons. The highest BCUT2D eigenvalue weighted by Gasteiger charge is 2.28. The summed E-state index contributed by atoms with van der Waals surface area (Å²) in [4.78, 5) is 28.7. The minimum atomic E-state index is -0.454. The minimum Gasteiger partial charge on any atom is -0.387 e. The molecule has 0 saturated carbocycles. The van der Waals surface area contributed by atoms with Crippen molar-refractivity contribution in [1.29, 1.82) is 0 Å². The number of carbonyl (C=O) groups is 2. The highest BCUT2D eigenvalue weighted by molar-refractivity contribution is 8.00. The summed E-state index contributed by atoms with van der Waals surface area (Å²) in [5.74, 6) is 0.365. The number of thioether (sulfide) groups is 1. The number of aromatic nitrogens is 2. The third-order valence-corrected chi connectivity index (χ3v) is 7.46. The van der Waals surface area contributed by atoms with Crippen molar-refractivity contribution < 1.29 is 14.7 Å². The quantitative estimate of drug-likeness (QED) is 0.491. The average molecular weight is 471 g/mol. The van der Waals surface area contributed by atoms with Crippen LogP contribution in [-0.2, 0) is 16.1 Å². The Balaban J connectivity index is 1.21. The van der Waals surface area contributed by atoms with E-state index in [1.807, 2.05) is 52.7 Å². The maximum absolute atomic E-state index is 12.7. The molecule has 2 aromatic heterocycles. The molecule has 0 radical (unpaired) electrons. The molecule has 4 rings (SSSR count). The van der Waals surface area contributed by atoms with Crippen molar-refractivity contribution in [2.45, 2.75) is 30.4 Å². The molecule has 0 spiro atoms. The number of benzene rings is 1. The van der Waals surface area contributed by atoms with E-state index in [-0.39, 0.29) is 24.3 Å². The Kier molecular flexibility index (Phi) is 7.62. The number of aliphatic hydroxyl groups is 1. The van der Waals surface area contributed by atoms with Crippen molar-refractivity contribution in [2.75, 3.05) is 24.2 Å². The Morgan fingerprint density at radius 1 is 1.19 bits per heavy atom. The van der Waals surface area contributed by atoms with E-state index in [1.54, 1.807) is 28.4 Å². The second-order valence-electron chi connectivity index (χ2n) is 7.75. The van der Waals surface area contributed by atoms with E-state index in [0.29, 0.717) is 24.5 Å². The van der Waals surface area contributed by atoms with Crippen LogP contribution in [0.5, 0.6) is 0 Å². The van der Waals surface area contributed by atoms with Crippen LogP contribution in [0.15, 0.2) is 65.1 Å². The molecule has 0 aliphatic carbocycles. The molecular formula is C23H26N4O3S2. The molecule has 1 unspecified atom stereocenters. The van der Waals surface area contributed by atoms with Crippen LogP contribution >= 0.6 is 23.1 Å². The van der Waals surface area contributed by atoms with Gasteiger partial charge in [-0.3, -0.25) is 14.3 Å². The van der Waals surface area contributed by atoms with Crippen LogP contribution in [0.3, 0.4) is 0 Å². The zero-order valence-corrected chi connectivity index (χ0v) is 19.2. The highest BCUT2D eigenvalue weighted by atomic mass is 32.2. The van der Waals surface area contributed by atoms with E-state index in [9.17, 15) is 14.7 Å². The van der Waals surface area contributed by atoms with Gasteiger partial charge in [0.1, 0.15) is 6.54 Å². The number of anilines is 1. The van der Waals surface area contributed by atoms with E-state index < -0.39 is 6.10 Å². The second-order valence-corrected chi connectivity index (χ2v) is 9.78. The number of amides is 2. The molecule has 9 heteroatoms. The predicted molar refractivity (Wildman–Crippen MR) is 127 cm³/mol. The molecule has 1 atom stereocenters. The van der Waals surface area contributed by atoms with Crippen molar-refractivity contribution in [1.82, 2.24) is 14.7 Å². The van der Waals surface area contributed by atoms with E-state index in [0.717, 1.165) is 22.6 Å². The van der Waals surface area contributed by atoms with Gasteiger partial charge in [-0.1, -0.05) is 24.3 Å². The van der Waals surface area contributed by atoms with Crippen LogP contribution in [0.25, 0.3) is 0 Å². The number of hydrogen-bond acceptors (Lipinski definition) is 6. The van der Waals surface area contributed by atoms with Gasteiger partial charge in [0.2, 0.25) is 11.8 Å². The molecule has 1 saturated heterocycles. The fourth-order valence-electron chi connectivity index (χ4n) is 3.77. The van der Waals surface area contributed by atoms with Crippen molar-refractivity contribution in [2.24, 2.45) is 5.92 Å². The van der Waals surface area contributed by atoms with Crippen LogP contribution in [0.4, 0.5) is 5.69 Å². The van der Waals surface area contributed by atoms with Crippen LogP contribution in [0, 0.1) is 5.92 Å². The minimum absolute atomic E-state index is 0.00493. The largest absolute Gasteiger partial charge is 0.387 e. The van der Waals surface area contributed by atoms with Crippen molar-refractivity contribution in [3.63, 3.8) is 0 Å². The van der Waals surface area contributed by atoms with Crippen molar-refractivity contribution in [3.05, 3.63) is 65.1 Å². The Bertz CT molecular complexity index is 1020. The summed E-state index contributed by atoms with van der Waals surface area (Å²) >= 11 is 3.04. The number of rotatable bonds is 8. The smallest absolute Gasteiger partial charge is 0.244 e. The Hall–Kier alpha value is -2.62. The van der Waals surface area contributed by atoms with Gasteiger partial charge in [0, 0.05) is 29.1 Å². The van der Waals surface area contributed by atoms with Crippen molar-refractivity contribution >= 4 is 40.6 Å². The summed E-state index contributed by atoms with van der Waals surface area (Å²) in [7, 11) is 0. The maximum Gasteiger partial charge on any atom is 0.244 e. The molecule has 0 bridgehead atoms. The molecule has 7 nitrogen and oxygen atoms in total. The van der Waals surface area contributed by atoms with E-state index in [1.165, 1.54) is 11.8 Å². The zero-order chi connectivity index (χ0) is 22.3. The Morgan fingerprint density at radius 2 is 1.97 bits per heavy atom. The number of likely N-dealkylation sites (tertiary alicyclic amines) is 1. The molecule has 32 heavy (non-hydrogen) atoms. The SMILES string of the molecule is O=C(CSc1ccccc1)Nc1cnn(CC(=O)N2CCC(C(O)c3cccs3)CC2)c1.